The lowest BCUT2D eigenvalue weighted by Gasteiger charge is -2.21. The molecule has 1 rings (SSSR count). The van der Waals surface area contributed by atoms with Crippen LogP contribution in [0.15, 0.2) is 42.5 Å². The second-order valence-electron chi connectivity index (χ2n) is 5.19. The lowest BCUT2D eigenvalue weighted by Crippen LogP contribution is -2.19. The Morgan fingerprint density at radius 1 is 1.19 bits per heavy atom. The first-order chi connectivity index (χ1) is 7.37. The average Bonchev–Trinajstić information content (AvgIpc) is 2.18. The molecule has 0 saturated carbocycles. The van der Waals surface area contributed by atoms with Gasteiger partial charge in [-0.05, 0) is 31.2 Å². The summed E-state index contributed by atoms with van der Waals surface area (Å²) < 4.78 is 0. The first kappa shape index (κ1) is 14.9. The van der Waals surface area contributed by atoms with Crippen LogP contribution in [-0.2, 0) is 6.42 Å². The Kier molecular flexibility index (Phi) is 6.75. The normalized spacial score (nSPS) is 10.3. The number of hydrogen-bond donors (Lipinski definition) is 1. The molecule has 0 radical (unpaired) electrons. The Hall–Kier alpha value is -1.08. The first-order valence-corrected chi connectivity index (χ1v) is 5.64. The molecule has 0 amide bonds. The Labute approximate surface area is 99.8 Å². The highest BCUT2D eigenvalue weighted by Gasteiger charge is 2.16. The molecule has 0 heterocycles. The number of rotatable bonds is 3. The van der Waals surface area contributed by atoms with E-state index >= 15 is 0 Å². The Morgan fingerprint density at radius 3 is 2.00 bits per heavy atom. The van der Waals surface area contributed by atoms with Gasteiger partial charge in [0.2, 0.25) is 0 Å². The molecule has 1 aromatic carbocycles. The van der Waals surface area contributed by atoms with E-state index in [-0.39, 0.29) is 12.0 Å². The molecule has 0 aliphatic heterocycles. The zero-order valence-electron chi connectivity index (χ0n) is 11.0. The molecular formula is C15H24O. The highest BCUT2D eigenvalue weighted by molar-refractivity contribution is 5.16. The van der Waals surface area contributed by atoms with Gasteiger partial charge in [-0.1, -0.05) is 49.8 Å². The minimum Gasteiger partial charge on any atom is -0.396 e. The van der Waals surface area contributed by atoms with Crippen molar-refractivity contribution in [2.24, 2.45) is 5.41 Å². The van der Waals surface area contributed by atoms with E-state index in [1.807, 2.05) is 32.0 Å². The molecule has 0 aliphatic carbocycles. The highest BCUT2D eigenvalue weighted by atomic mass is 16.3. The van der Waals surface area contributed by atoms with Gasteiger partial charge in [0.25, 0.3) is 0 Å². The van der Waals surface area contributed by atoms with Gasteiger partial charge < -0.3 is 5.11 Å². The summed E-state index contributed by atoms with van der Waals surface area (Å²) in [6.07, 6.45) is 0.935. The molecule has 1 nitrogen and oxygen atoms in total. The molecule has 1 heteroatoms. The largest absolute Gasteiger partial charge is 0.396 e. The van der Waals surface area contributed by atoms with Crippen LogP contribution in [0, 0.1) is 5.41 Å². The second-order valence-corrected chi connectivity index (χ2v) is 5.19. The van der Waals surface area contributed by atoms with Crippen molar-refractivity contribution < 1.29 is 5.11 Å². The van der Waals surface area contributed by atoms with Gasteiger partial charge in [0.05, 0.1) is 0 Å². The molecule has 90 valence electrons. The fourth-order valence-corrected chi connectivity index (χ4v) is 1.20. The number of benzene rings is 1. The summed E-state index contributed by atoms with van der Waals surface area (Å²) in [4.78, 5) is 0. The zero-order valence-corrected chi connectivity index (χ0v) is 11.0. The van der Waals surface area contributed by atoms with Crippen molar-refractivity contribution in [2.45, 2.75) is 34.1 Å². The van der Waals surface area contributed by atoms with Gasteiger partial charge in [-0.15, -0.1) is 6.58 Å². The summed E-state index contributed by atoms with van der Waals surface area (Å²) >= 11 is 0. The third kappa shape index (κ3) is 8.25. The van der Waals surface area contributed by atoms with Crippen molar-refractivity contribution in [2.75, 3.05) is 6.61 Å². The van der Waals surface area contributed by atoms with E-state index in [9.17, 15) is 0 Å². The van der Waals surface area contributed by atoms with E-state index < -0.39 is 0 Å². The van der Waals surface area contributed by atoms with Crippen LogP contribution in [0.2, 0.25) is 0 Å². The van der Waals surface area contributed by atoms with E-state index in [2.05, 4.69) is 32.6 Å². The van der Waals surface area contributed by atoms with Crippen LogP contribution in [0.1, 0.15) is 33.3 Å². The van der Waals surface area contributed by atoms with Crippen molar-refractivity contribution in [1.82, 2.24) is 0 Å². The third-order valence-corrected chi connectivity index (χ3v) is 1.95. The zero-order chi connectivity index (χ0) is 12.6. The minimum absolute atomic E-state index is 0.00134. The summed E-state index contributed by atoms with van der Waals surface area (Å²) in [7, 11) is 0. The van der Waals surface area contributed by atoms with Crippen LogP contribution in [0.25, 0.3) is 0 Å². The number of aliphatic hydroxyl groups is 1. The van der Waals surface area contributed by atoms with Crippen LogP contribution < -0.4 is 0 Å². The summed E-state index contributed by atoms with van der Waals surface area (Å²) in [6, 6.07) is 10.3. The second kappa shape index (κ2) is 7.24. The molecule has 16 heavy (non-hydrogen) atoms. The van der Waals surface area contributed by atoms with Gasteiger partial charge in [0, 0.05) is 6.61 Å². The van der Waals surface area contributed by atoms with Crippen molar-refractivity contribution in [1.29, 1.82) is 0 Å². The van der Waals surface area contributed by atoms with Gasteiger partial charge in [-0.3, -0.25) is 0 Å². The molecule has 1 aromatic rings. The summed E-state index contributed by atoms with van der Waals surface area (Å²) in [5.74, 6) is 0. The monoisotopic (exact) mass is 220 g/mol. The van der Waals surface area contributed by atoms with E-state index in [0.29, 0.717) is 0 Å². The number of allylic oxidation sites excluding steroid dienone is 1. The first-order valence-electron chi connectivity index (χ1n) is 5.64. The lowest BCUT2D eigenvalue weighted by molar-refractivity contribution is 0.159. The van der Waals surface area contributed by atoms with Crippen LogP contribution in [0.5, 0.6) is 0 Å². The standard InChI is InChI=1S/C11H16O.C4H8/c1-11(2,9-12)8-10-6-4-3-5-7-10;1-4(2)3/h3-7,12H,8-9H2,1-2H3;1H2,2-3H3. The third-order valence-electron chi connectivity index (χ3n) is 1.95. The van der Waals surface area contributed by atoms with Crippen LogP contribution in [-0.4, -0.2) is 11.7 Å². The van der Waals surface area contributed by atoms with Gasteiger partial charge in [0.15, 0.2) is 0 Å². The van der Waals surface area contributed by atoms with Gasteiger partial charge in [-0.2, -0.15) is 0 Å². The Balaban J connectivity index is 0.000000487. The maximum Gasteiger partial charge on any atom is 0.0485 e. The van der Waals surface area contributed by atoms with E-state index in [1.54, 1.807) is 0 Å². The molecular weight excluding hydrogens is 196 g/mol. The van der Waals surface area contributed by atoms with E-state index in [0.717, 1.165) is 6.42 Å². The molecule has 0 spiro atoms. The van der Waals surface area contributed by atoms with Crippen LogP contribution >= 0.6 is 0 Å². The molecule has 0 aliphatic rings. The van der Waals surface area contributed by atoms with E-state index in [1.165, 1.54) is 11.1 Å². The molecule has 0 saturated heterocycles. The Bertz CT molecular complexity index is 294. The summed E-state index contributed by atoms with van der Waals surface area (Å²) in [6.45, 7) is 11.9. The van der Waals surface area contributed by atoms with Gasteiger partial charge in [0.1, 0.15) is 0 Å². The molecule has 0 atom stereocenters. The van der Waals surface area contributed by atoms with Crippen LogP contribution in [0.4, 0.5) is 0 Å². The van der Waals surface area contributed by atoms with Crippen molar-refractivity contribution in [3.8, 4) is 0 Å². The molecule has 0 bridgehead atoms. The van der Waals surface area contributed by atoms with Gasteiger partial charge in [-0.25, -0.2) is 0 Å². The number of hydrogen-bond acceptors (Lipinski definition) is 1. The van der Waals surface area contributed by atoms with Crippen molar-refractivity contribution in [3.63, 3.8) is 0 Å². The molecule has 0 unspecified atom stereocenters. The smallest absolute Gasteiger partial charge is 0.0485 e. The van der Waals surface area contributed by atoms with Crippen molar-refractivity contribution in [3.05, 3.63) is 48.0 Å². The minimum atomic E-state index is 0.00134. The maximum atomic E-state index is 9.06. The highest BCUT2D eigenvalue weighted by Crippen LogP contribution is 2.20. The molecule has 1 N–H and O–H groups in total. The average molecular weight is 220 g/mol. The predicted octanol–water partition coefficient (Wildman–Crippen LogP) is 3.83. The Morgan fingerprint density at radius 2 is 1.62 bits per heavy atom. The lowest BCUT2D eigenvalue weighted by atomic mass is 9.87. The molecule has 0 aromatic heterocycles. The SMILES string of the molecule is C=C(C)C.CC(C)(CO)Cc1ccccc1. The molecule has 0 fully saturated rings. The maximum absolute atomic E-state index is 9.06. The van der Waals surface area contributed by atoms with Gasteiger partial charge >= 0.3 is 0 Å². The summed E-state index contributed by atoms with van der Waals surface area (Å²) in [5, 5.41) is 9.06. The summed E-state index contributed by atoms with van der Waals surface area (Å²) in [5.41, 5.74) is 2.46. The number of aliphatic hydroxyl groups excluding tert-OH is 1. The predicted molar refractivity (Wildman–Crippen MR) is 71.5 cm³/mol. The quantitative estimate of drug-likeness (QED) is 0.768. The van der Waals surface area contributed by atoms with Crippen molar-refractivity contribution >= 4 is 0 Å². The van der Waals surface area contributed by atoms with E-state index in [4.69, 9.17) is 5.11 Å². The fourth-order valence-electron chi connectivity index (χ4n) is 1.20. The van der Waals surface area contributed by atoms with Crippen LogP contribution in [0.3, 0.4) is 0 Å². The fraction of sp³-hybridized carbons (Fsp3) is 0.467. The topological polar surface area (TPSA) is 20.2 Å².